The largest absolute Gasteiger partial charge is 0.374 e. The molecule has 0 aliphatic carbocycles. The molecule has 7 nitrogen and oxygen atoms in total. The van der Waals surface area contributed by atoms with E-state index >= 15 is 0 Å². The summed E-state index contributed by atoms with van der Waals surface area (Å²) in [5.41, 5.74) is 0.720. The first kappa shape index (κ1) is 33.5. The lowest BCUT2D eigenvalue weighted by atomic mass is 10.1. The second kappa shape index (κ2) is 20.5. The molecule has 1 amide bonds. The second-order valence-electron chi connectivity index (χ2n) is 8.63. The Morgan fingerprint density at radius 3 is 2.65 bits per heavy atom. The van der Waals surface area contributed by atoms with Gasteiger partial charge in [0.1, 0.15) is 21.8 Å². The van der Waals surface area contributed by atoms with E-state index in [2.05, 4.69) is 22.2 Å². The third-order valence-corrected chi connectivity index (χ3v) is 7.97. The zero-order chi connectivity index (χ0) is 27.5. The minimum Gasteiger partial charge on any atom is -0.374 e. The van der Waals surface area contributed by atoms with Crippen LogP contribution in [0.25, 0.3) is 0 Å². The summed E-state index contributed by atoms with van der Waals surface area (Å²) in [6.45, 7) is 8.22. The number of allylic oxidation sites excluding steroid dienone is 1. The third kappa shape index (κ3) is 15.5. The predicted molar refractivity (Wildman–Crippen MR) is 159 cm³/mol. The van der Waals surface area contributed by atoms with E-state index in [1.54, 1.807) is 6.92 Å². The van der Waals surface area contributed by atoms with Gasteiger partial charge in [-0.15, -0.1) is 23.1 Å². The summed E-state index contributed by atoms with van der Waals surface area (Å²) in [4.78, 5) is 45.0. The SMILES string of the molecule is CCCCCCCC(=O)SCC/C=C/[C@H](CC(=O)NCc1nc(C(=N[C@H](C)C(C)=O)SC)cs1)OCC. The highest BCUT2D eigenvalue weighted by atomic mass is 32.2. The van der Waals surface area contributed by atoms with Gasteiger partial charge in [-0.3, -0.25) is 19.4 Å². The number of hydrogen-bond donors (Lipinski definition) is 1. The fourth-order valence-electron chi connectivity index (χ4n) is 3.24. The van der Waals surface area contributed by atoms with Crippen LogP contribution in [0.5, 0.6) is 0 Å². The summed E-state index contributed by atoms with van der Waals surface area (Å²) in [5, 5.41) is 6.56. The molecule has 0 unspecified atom stereocenters. The molecule has 0 fully saturated rings. The Hall–Kier alpha value is -1.49. The van der Waals surface area contributed by atoms with E-state index in [-0.39, 0.29) is 29.3 Å². The summed E-state index contributed by atoms with van der Waals surface area (Å²) < 4.78 is 5.70. The van der Waals surface area contributed by atoms with Crippen molar-refractivity contribution in [1.82, 2.24) is 10.3 Å². The van der Waals surface area contributed by atoms with Gasteiger partial charge in [0, 0.05) is 24.2 Å². The van der Waals surface area contributed by atoms with Gasteiger partial charge in [0.25, 0.3) is 0 Å². The normalized spacial score (nSPS) is 13.6. The first-order valence-electron chi connectivity index (χ1n) is 13.1. The van der Waals surface area contributed by atoms with Crippen LogP contribution in [0.4, 0.5) is 0 Å². The number of ether oxygens (including phenoxy) is 1. The van der Waals surface area contributed by atoms with Crippen LogP contribution in [0, 0.1) is 0 Å². The number of unbranched alkanes of at least 4 members (excludes halogenated alkanes) is 4. The quantitative estimate of drug-likeness (QED) is 0.0916. The summed E-state index contributed by atoms with van der Waals surface area (Å²) in [6.07, 6.45) is 12.9. The average molecular weight is 570 g/mol. The van der Waals surface area contributed by atoms with Gasteiger partial charge in [0.05, 0.1) is 19.1 Å². The molecule has 0 radical (unpaired) electrons. The van der Waals surface area contributed by atoms with Crippen molar-refractivity contribution in [2.45, 2.75) is 97.8 Å². The standard InChI is InChI=1S/C27H43N3O4S3/c1-6-8-9-10-11-15-26(33)36-16-13-12-14-22(34-7-2)17-24(32)28-18-25-30-23(19-37-25)27(35-5)29-20(3)21(4)31/h12,14,19-20,22H,6-11,13,15-18H2,1-5H3,(H,28,32)/b14-12+,29-27?/t20-,22-/m1/s1. The number of ketones is 1. The first-order chi connectivity index (χ1) is 17.8. The molecule has 10 heteroatoms. The van der Waals surface area contributed by atoms with Crippen LogP contribution < -0.4 is 5.32 Å². The van der Waals surface area contributed by atoms with Crippen molar-refractivity contribution in [3.05, 3.63) is 28.2 Å². The summed E-state index contributed by atoms with van der Waals surface area (Å²) >= 11 is 4.29. The summed E-state index contributed by atoms with van der Waals surface area (Å²) in [5.74, 6) is 0.637. The number of Topliss-reactive ketones (excluding diaryl/α,β-unsaturated/α-hetero) is 1. The first-order valence-corrected chi connectivity index (χ1v) is 16.2. The van der Waals surface area contributed by atoms with Gasteiger partial charge in [0.2, 0.25) is 5.91 Å². The highest BCUT2D eigenvalue weighted by molar-refractivity contribution is 8.14. The van der Waals surface area contributed by atoms with Gasteiger partial charge in [-0.25, -0.2) is 4.98 Å². The van der Waals surface area contributed by atoms with Crippen molar-refractivity contribution in [2.24, 2.45) is 4.99 Å². The third-order valence-electron chi connectivity index (χ3n) is 5.45. The number of carbonyl (C=O) groups is 3. The van der Waals surface area contributed by atoms with Gasteiger partial charge in [-0.2, -0.15) is 0 Å². The molecule has 1 aromatic rings. The summed E-state index contributed by atoms with van der Waals surface area (Å²) in [6, 6.07) is -0.407. The Labute approximate surface area is 235 Å². The molecule has 0 saturated heterocycles. The number of aliphatic imine (C=N–C) groups is 1. The fourth-order valence-corrected chi connectivity index (χ4v) is 5.38. The van der Waals surface area contributed by atoms with Gasteiger partial charge in [0.15, 0.2) is 10.9 Å². The maximum Gasteiger partial charge on any atom is 0.223 e. The van der Waals surface area contributed by atoms with Crippen LogP contribution in [-0.4, -0.2) is 57.6 Å². The molecule has 0 aromatic carbocycles. The molecule has 0 aliphatic heterocycles. The monoisotopic (exact) mass is 569 g/mol. The molecule has 0 saturated carbocycles. The molecule has 2 atom stereocenters. The lowest BCUT2D eigenvalue weighted by Crippen LogP contribution is -2.27. The maximum atomic E-state index is 12.5. The molecular weight excluding hydrogens is 527 g/mol. The molecule has 0 bridgehead atoms. The van der Waals surface area contributed by atoms with Crippen LogP contribution in [0.15, 0.2) is 22.5 Å². The number of hydrogen-bond acceptors (Lipinski definition) is 9. The number of rotatable bonds is 19. The Morgan fingerprint density at radius 2 is 1.97 bits per heavy atom. The van der Waals surface area contributed by atoms with Gasteiger partial charge in [-0.1, -0.05) is 56.5 Å². The van der Waals surface area contributed by atoms with Crippen molar-refractivity contribution in [1.29, 1.82) is 0 Å². The average Bonchev–Trinajstić information content (AvgIpc) is 3.34. The van der Waals surface area contributed by atoms with Crippen LogP contribution in [0.3, 0.4) is 0 Å². The Balaban J connectivity index is 2.42. The molecule has 37 heavy (non-hydrogen) atoms. The van der Waals surface area contributed by atoms with Crippen molar-refractivity contribution >= 4 is 56.7 Å². The molecule has 1 aromatic heterocycles. The highest BCUT2D eigenvalue weighted by Crippen LogP contribution is 2.17. The number of aromatic nitrogens is 1. The van der Waals surface area contributed by atoms with Gasteiger partial charge in [-0.05, 0) is 39.9 Å². The number of amides is 1. The van der Waals surface area contributed by atoms with Crippen molar-refractivity contribution < 1.29 is 19.1 Å². The van der Waals surface area contributed by atoms with E-state index in [0.29, 0.717) is 24.6 Å². The van der Waals surface area contributed by atoms with Crippen LogP contribution in [-0.2, 0) is 25.7 Å². The van der Waals surface area contributed by atoms with Gasteiger partial charge < -0.3 is 10.1 Å². The maximum absolute atomic E-state index is 12.5. The Morgan fingerprint density at radius 1 is 1.22 bits per heavy atom. The van der Waals surface area contributed by atoms with Crippen LogP contribution >= 0.6 is 34.9 Å². The zero-order valence-electron chi connectivity index (χ0n) is 22.9. The molecular formula is C27H43N3O4S3. The molecule has 1 heterocycles. The topological polar surface area (TPSA) is 97.7 Å². The Kier molecular flexibility index (Phi) is 18.6. The molecule has 1 N–H and O–H groups in total. The predicted octanol–water partition coefficient (Wildman–Crippen LogP) is 6.21. The number of nitrogens with one attached hydrogen (secondary N) is 1. The van der Waals surface area contributed by atoms with Crippen LogP contribution in [0.2, 0.25) is 0 Å². The molecule has 0 aliphatic rings. The van der Waals surface area contributed by atoms with Crippen molar-refractivity contribution in [2.75, 3.05) is 18.6 Å². The second-order valence-corrected chi connectivity index (χ2v) is 11.5. The van der Waals surface area contributed by atoms with E-state index in [4.69, 9.17) is 4.74 Å². The number of thioether (sulfide) groups is 2. The van der Waals surface area contributed by atoms with Crippen molar-refractivity contribution in [3.63, 3.8) is 0 Å². The minimum atomic E-state index is -0.407. The van der Waals surface area contributed by atoms with E-state index in [1.165, 1.54) is 61.0 Å². The van der Waals surface area contributed by atoms with E-state index in [1.807, 2.05) is 30.7 Å². The van der Waals surface area contributed by atoms with E-state index < -0.39 is 6.04 Å². The lowest BCUT2D eigenvalue weighted by molar-refractivity contribution is -0.123. The fraction of sp³-hybridized carbons (Fsp3) is 0.667. The van der Waals surface area contributed by atoms with Crippen molar-refractivity contribution in [3.8, 4) is 0 Å². The van der Waals surface area contributed by atoms with Gasteiger partial charge >= 0.3 is 0 Å². The van der Waals surface area contributed by atoms with E-state index in [0.717, 1.165) is 35.7 Å². The lowest BCUT2D eigenvalue weighted by Gasteiger charge is -2.12. The number of thiazole rings is 1. The van der Waals surface area contributed by atoms with E-state index in [9.17, 15) is 14.4 Å². The summed E-state index contributed by atoms with van der Waals surface area (Å²) in [7, 11) is 0. The smallest absolute Gasteiger partial charge is 0.223 e. The molecule has 1 rings (SSSR count). The highest BCUT2D eigenvalue weighted by Gasteiger charge is 2.14. The minimum absolute atomic E-state index is 0.00702. The Bertz CT molecular complexity index is 886. The number of carbonyl (C=O) groups excluding carboxylic acids is 3. The van der Waals surface area contributed by atoms with Crippen LogP contribution in [0.1, 0.15) is 89.8 Å². The molecule has 0 spiro atoms. The zero-order valence-corrected chi connectivity index (χ0v) is 25.4. The number of nitrogens with zero attached hydrogens (tertiary/aromatic N) is 2. The molecule has 208 valence electrons.